The van der Waals surface area contributed by atoms with Crippen LogP contribution in [0, 0.1) is 13.8 Å². The van der Waals surface area contributed by atoms with E-state index < -0.39 is 10.0 Å². The van der Waals surface area contributed by atoms with E-state index in [4.69, 9.17) is 4.74 Å². The van der Waals surface area contributed by atoms with E-state index in [-0.39, 0.29) is 17.3 Å². The lowest BCUT2D eigenvalue weighted by Crippen LogP contribution is -2.41. The molecule has 0 aromatic heterocycles. The predicted molar refractivity (Wildman–Crippen MR) is 148 cm³/mol. The number of rotatable bonds is 13. The zero-order chi connectivity index (χ0) is 26.0. The van der Waals surface area contributed by atoms with Crippen LogP contribution in [0.1, 0.15) is 30.0 Å². The van der Waals surface area contributed by atoms with Crippen molar-refractivity contribution in [1.29, 1.82) is 0 Å². The second-order valence-electron chi connectivity index (χ2n) is 8.50. The Bertz CT molecular complexity index is 1230. The van der Waals surface area contributed by atoms with Crippen molar-refractivity contribution in [3.63, 3.8) is 0 Å². The van der Waals surface area contributed by atoms with Crippen LogP contribution in [-0.2, 0) is 20.6 Å². The summed E-state index contributed by atoms with van der Waals surface area (Å²) in [5.41, 5.74) is 3.90. The van der Waals surface area contributed by atoms with Crippen molar-refractivity contribution >= 4 is 33.4 Å². The number of amides is 1. The smallest absolute Gasteiger partial charge is 0.264 e. The monoisotopic (exact) mass is 526 g/mol. The molecule has 0 bridgehead atoms. The second kappa shape index (κ2) is 13.4. The quantitative estimate of drug-likeness (QED) is 0.305. The summed E-state index contributed by atoms with van der Waals surface area (Å²) in [6.07, 6.45) is 0.802. The molecule has 3 aromatic rings. The lowest BCUT2D eigenvalue weighted by molar-refractivity contribution is -0.119. The molecule has 0 saturated heterocycles. The maximum atomic E-state index is 13.5. The van der Waals surface area contributed by atoms with Crippen molar-refractivity contribution in [2.75, 3.05) is 29.8 Å². The van der Waals surface area contributed by atoms with E-state index >= 15 is 0 Å². The van der Waals surface area contributed by atoms with E-state index in [1.807, 2.05) is 25.6 Å². The number of nitrogens with one attached hydrogen (secondary N) is 1. The first-order valence-corrected chi connectivity index (χ1v) is 14.6. The number of sulfonamides is 1. The number of carbonyl (C=O) groups excluding carboxylic acids is 1. The van der Waals surface area contributed by atoms with Crippen molar-refractivity contribution in [1.82, 2.24) is 5.32 Å². The Kier molecular flexibility index (Phi) is 10.3. The van der Waals surface area contributed by atoms with Crippen LogP contribution < -0.4 is 14.4 Å². The third kappa shape index (κ3) is 8.03. The van der Waals surface area contributed by atoms with Gasteiger partial charge in [-0.3, -0.25) is 9.10 Å². The van der Waals surface area contributed by atoms with Gasteiger partial charge >= 0.3 is 0 Å². The van der Waals surface area contributed by atoms with Gasteiger partial charge in [0.05, 0.1) is 17.2 Å². The number of nitrogens with zero attached hydrogens (tertiary/aromatic N) is 1. The predicted octanol–water partition coefficient (Wildman–Crippen LogP) is 5.34. The first-order valence-electron chi connectivity index (χ1n) is 12.0. The lowest BCUT2D eigenvalue weighted by atomic mass is 10.2. The summed E-state index contributed by atoms with van der Waals surface area (Å²) in [5.74, 6) is 2.12. The van der Waals surface area contributed by atoms with Crippen LogP contribution in [-0.4, -0.2) is 39.8 Å². The van der Waals surface area contributed by atoms with E-state index in [9.17, 15) is 13.2 Å². The van der Waals surface area contributed by atoms with E-state index in [1.165, 1.54) is 11.1 Å². The fraction of sp³-hybridized carbons (Fsp3) is 0.321. The molecule has 0 aliphatic rings. The standard InChI is InChI=1S/C28H34N2O4S2/c1-4-34-26-13-11-25(12-14-26)30(36(32,33)27-15-9-22(2)10-16-27)20-28(31)29-17-6-18-35-21-24-8-5-7-23(3)19-24/h5,7-16,19H,4,6,17-18,20-21H2,1-3H3,(H,29,31). The summed E-state index contributed by atoms with van der Waals surface area (Å²) >= 11 is 1.82. The Labute approximate surface area is 219 Å². The highest BCUT2D eigenvalue weighted by atomic mass is 32.2. The van der Waals surface area contributed by atoms with Crippen molar-refractivity contribution in [2.45, 2.75) is 37.8 Å². The van der Waals surface area contributed by atoms with Crippen LogP contribution in [0.5, 0.6) is 5.75 Å². The Morgan fingerprint density at radius 1 is 0.972 bits per heavy atom. The number of benzene rings is 3. The van der Waals surface area contributed by atoms with Gasteiger partial charge in [0.25, 0.3) is 10.0 Å². The van der Waals surface area contributed by atoms with Gasteiger partial charge in [0, 0.05) is 12.3 Å². The molecule has 0 atom stereocenters. The van der Waals surface area contributed by atoms with E-state index in [0.29, 0.717) is 24.6 Å². The Balaban J connectivity index is 1.61. The molecule has 1 amide bonds. The van der Waals surface area contributed by atoms with Gasteiger partial charge in [-0.25, -0.2) is 8.42 Å². The zero-order valence-electron chi connectivity index (χ0n) is 21.1. The average molecular weight is 527 g/mol. The average Bonchev–Trinajstić information content (AvgIpc) is 2.86. The van der Waals surface area contributed by atoms with Crippen LogP contribution in [0.2, 0.25) is 0 Å². The van der Waals surface area contributed by atoms with Crippen LogP contribution in [0.4, 0.5) is 5.69 Å². The molecule has 0 unspecified atom stereocenters. The summed E-state index contributed by atoms with van der Waals surface area (Å²) in [6.45, 7) is 6.55. The summed E-state index contributed by atoms with van der Waals surface area (Å²) in [7, 11) is -3.94. The van der Waals surface area contributed by atoms with Crippen LogP contribution in [0.25, 0.3) is 0 Å². The molecule has 0 spiro atoms. The van der Waals surface area contributed by atoms with Gasteiger partial charge in [-0.05, 0) is 74.9 Å². The SMILES string of the molecule is CCOc1ccc(N(CC(=O)NCCCSCc2cccc(C)c2)S(=O)(=O)c2ccc(C)cc2)cc1. The fourth-order valence-corrected chi connectivity index (χ4v) is 5.94. The first-order chi connectivity index (χ1) is 17.3. The number of anilines is 1. The molecule has 3 aromatic carbocycles. The minimum atomic E-state index is -3.94. The summed E-state index contributed by atoms with van der Waals surface area (Å²) < 4.78 is 33.6. The summed E-state index contributed by atoms with van der Waals surface area (Å²) in [5, 5.41) is 2.87. The molecular formula is C28H34N2O4S2. The number of thioether (sulfide) groups is 1. The highest BCUT2D eigenvalue weighted by Crippen LogP contribution is 2.26. The third-order valence-corrected chi connectivity index (χ3v) is 8.37. The maximum Gasteiger partial charge on any atom is 0.264 e. The van der Waals surface area contributed by atoms with Crippen LogP contribution in [0.15, 0.2) is 77.7 Å². The number of carbonyl (C=O) groups is 1. The highest BCUT2D eigenvalue weighted by Gasteiger charge is 2.27. The molecule has 0 aliphatic carbocycles. The molecule has 0 saturated carbocycles. The van der Waals surface area contributed by atoms with Gasteiger partial charge in [-0.1, -0.05) is 47.5 Å². The Morgan fingerprint density at radius 2 is 1.69 bits per heavy atom. The molecule has 1 N–H and O–H groups in total. The Hall–Kier alpha value is -2.97. The topological polar surface area (TPSA) is 75.7 Å². The summed E-state index contributed by atoms with van der Waals surface area (Å²) in [4.78, 5) is 12.9. The first kappa shape index (κ1) is 27.6. The van der Waals surface area contributed by atoms with Crippen molar-refractivity contribution < 1.29 is 17.9 Å². The van der Waals surface area contributed by atoms with Gasteiger partial charge in [0.2, 0.25) is 5.91 Å². The van der Waals surface area contributed by atoms with Gasteiger partial charge in [0.15, 0.2) is 0 Å². The van der Waals surface area contributed by atoms with Gasteiger partial charge in [-0.15, -0.1) is 0 Å². The minimum Gasteiger partial charge on any atom is -0.494 e. The van der Waals surface area contributed by atoms with Crippen molar-refractivity contribution in [2.24, 2.45) is 0 Å². The molecular weight excluding hydrogens is 492 g/mol. The lowest BCUT2D eigenvalue weighted by Gasteiger charge is -2.24. The Morgan fingerprint density at radius 3 is 2.36 bits per heavy atom. The van der Waals surface area contributed by atoms with Gasteiger partial charge in [-0.2, -0.15) is 11.8 Å². The van der Waals surface area contributed by atoms with Gasteiger partial charge < -0.3 is 10.1 Å². The molecule has 0 aliphatic heterocycles. The maximum absolute atomic E-state index is 13.5. The van der Waals surface area contributed by atoms with Crippen LogP contribution >= 0.6 is 11.8 Å². The molecule has 3 rings (SSSR count). The molecule has 6 nitrogen and oxygen atoms in total. The van der Waals surface area contributed by atoms with Gasteiger partial charge in [0.1, 0.15) is 12.3 Å². The van der Waals surface area contributed by atoms with E-state index in [1.54, 1.807) is 48.5 Å². The molecule has 0 fully saturated rings. The van der Waals surface area contributed by atoms with Crippen LogP contribution in [0.3, 0.4) is 0 Å². The normalized spacial score (nSPS) is 11.2. The number of hydrogen-bond donors (Lipinski definition) is 1. The third-order valence-electron chi connectivity index (χ3n) is 5.47. The second-order valence-corrected chi connectivity index (χ2v) is 11.5. The molecule has 0 radical (unpaired) electrons. The fourth-order valence-electron chi connectivity index (χ4n) is 3.61. The zero-order valence-corrected chi connectivity index (χ0v) is 22.7. The largest absolute Gasteiger partial charge is 0.494 e. The molecule has 0 heterocycles. The summed E-state index contributed by atoms with van der Waals surface area (Å²) in [6, 6.07) is 21.8. The minimum absolute atomic E-state index is 0.141. The number of ether oxygens (including phenoxy) is 1. The van der Waals surface area contributed by atoms with Crippen molar-refractivity contribution in [3.05, 3.63) is 89.5 Å². The number of hydrogen-bond acceptors (Lipinski definition) is 5. The molecule has 8 heteroatoms. The highest BCUT2D eigenvalue weighted by molar-refractivity contribution is 7.98. The van der Waals surface area contributed by atoms with E-state index in [0.717, 1.165) is 27.8 Å². The molecule has 36 heavy (non-hydrogen) atoms. The number of aryl methyl sites for hydroxylation is 2. The van der Waals surface area contributed by atoms with E-state index in [2.05, 4.69) is 36.5 Å². The molecule has 192 valence electrons. The van der Waals surface area contributed by atoms with Crippen molar-refractivity contribution in [3.8, 4) is 5.75 Å².